The highest BCUT2D eigenvalue weighted by atomic mass is 16.1. The number of rotatable bonds is 0. The van der Waals surface area contributed by atoms with Gasteiger partial charge in [0.25, 0.3) is 5.56 Å². The van der Waals surface area contributed by atoms with Gasteiger partial charge < -0.3 is 0 Å². The Morgan fingerprint density at radius 3 is 2.59 bits per heavy atom. The molecule has 2 heterocycles. The van der Waals surface area contributed by atoms with Crippen molar-refractivity contribution < 1.29 is 0 Å². The van der Waals surface area contributed by atoms with Crippen LogP contribution >= 0.6 is 0 Å². The lowest BCUT2D eigenvalue weighted by Crippen LogP contribution is -2.33. The molecule has 0 atom stereocenters. The van der Waals surface area contributed by atoms with E-state index in [2.05, 4.69) is 48.6 Å². The van der Waals surface area contributed by atoms with Gasteiger partial charge in [-0.1, -0.05) is 54.6 Å². The third-order valence-electron chi connectivity index (χ3n) is 5.64. The average Bonchev–Trinajstić information content (AvgIpc) is 2.95. The molecule has 0 amide bonds. The number of hydrogen-bond donors (Lipinski definition) is 0. The van der Waals surface area contributed by atoms with E-state index in [1.54, 1.807) is 0 Å². The van der Waals surface area contributed by atoms with Crippen LogP contribution in [0.3, 0.4) is 0 Å². The van der Waals surface area contributed by atoms with Crippen LogP contribution < -0.4 is 11.0 Å². The SMILES string of the molecule is O=c1c2cccc3cccc(c4n1C1=CC=CC5=CC=CC(=C(C5)C1)N=4)c32. The highest BCUT2D eigenvalue weighted by molar-refractivity contribution is 6.09. The summed E-state index contributed by atoms with van der Waals surface area (Å²) in [5.41, 5.74) is 5.24. The Morgan fingerprint density at radius 2 is 1.70 bits per heavy atom. The standard InChI is InChI=1S/C24H16N2O/c27-24-20-11-4-8-16-7-3-10-19(22(16)20)23-25-21-12-2-6-15-5-1-9-18(26(23)24)14-17(21)13-15/h1-12H,13-14H2. The summed E-state index contributed by atoms with van der Waals surface area (Å²) in [4.78, 5) is 18.5. The van der Waals surface area contributed by atoms with E-state index in [1.807, 2.05) is 28.8 Å². The van der Waals surface area contributed by atoms with Crippen LogP contribution in [0.1, 0.15) is 12.8 Å². The second-order valence-corrected chi connectivity index (χ2v) is 7.25. The molecule has 128 valence electrons. The Hall–Kier alpha value is -3.46. The number of allylic oxidation sites excluding steroid dienone is 9. The van der Waals surface area contributed by atoms with E-state index in [-0.39, 0.29) is 5.56 Å². The van der Waals surface area contributed by atoms with Gasteiger partial charge in [-0.2, -0.15) is 0 Å². The fraction of sp³-hybridized carbons (Fsp3) is 0.0833. The third kappa shape index (κ3) is 2.02. The minimum absolute atomic E-state index is 0.00989. The van der Waals surface area contributed by atoms with Crippen LogP contribution in [0.25, 0.3) is 27.2 Å². The fourth-order valence-electron chi connectivity index (χ4n) is 4.41. The monoisotopic (exact) mass is 348 g/mol. The molecule has 0 unspecified atom stereocenters. The van der Waals surface area contributed by atoms with Crippen LogP contribution in [0.5, 0.6) is 0 Å². The van der Waals surface area contributed by atoms with Gasteiger partial charge in [-0.25, -0.2) is 4.99 Å². The zero-order valence-electron chi connectivity index (χ0n) is 14.6. The lowest BCUT2D eigenvalue weighted by Gasteiger charge is -2.15. The molecule has 0 N–H and O–H groups in total. The van der Waals surface area contributed by atoms with Gasteiger partial charge in [0.2, 0.25) is 0 Å². The quantitative estimate of drug-likeness (QED) is 0.591. The van der Waals surface area contributed by atoms with Crippen LogP contribution in [-0.4, -0.2) is 4.57 Å². The molecule has 3 bridgehead atoms. The van der Waals surface area contributed by atoms with Crippen molar-refractivity contribution in [2.24, 2.45) is 4.99 Å². The molecule has 1 aromatic heterocycles. The van der Waals surface area contributed by atoms with Crippen molar-refractivity contribution in [1.82, 2.24) is 4.57 Å². The number of hydrogen-bond acceptors (Lipinski definition) is 2. The van der Waals surface area contributed by atoms with E-state index in [0.29, 0.717) is 0 Å². The van der Waals surface area contributed by atoms with Crippen molar-refractivity contribution in [2.45, 2.75) is 12.8 Å². The summed E-state index contributed by atoms with van der Waals surface area (Å²) in [6, 6.07) is 12.1. The molecule has 2 aromatic carbocycles. The van der Waals surface area contributed by atoms with Gasteiger partial charge in [0.05, 0.1) is 5.70 Å². The molecule has 0 radical (unpaired) electrons. The van der Waals surface area contributed by atoms with Crippen molar-refractivity contribution in [3.63, 3.8) is 0 Å². The van der Waals surface area contributed by atoms with Crippen molar-refractivity contribution >= 4 is 27.2 Å². The van der Waals surface area contributed by atoms with Crippen molar-refractivity contribution in [3.05, 3.63) is 106 Å². The van der Waals surface area contributed by atoms with Crippen LogP contribution in [0.15, 0.2) is 99.5 Å². The molecule has 6 rings (SSSR count). The average molecular weight is 348 g/mol. The Morgan fingerprint density at radius 1 is 0.889 bits per heavy atom. The Balaban J connectivity index is 1.89. The highest BCUT2D eigenvalue weighted by Gasteiger charge is 2.21. The summed E-state index contributed by atoms with van der Waals surface area (Å²) in [5.74, 6) is 0. The molecule has 0 saturated heterocycles. The first-order valence-corrected chi connectivity index (χ1v) is 9.21. The van der Waals surface area contributed by atoms with E-state index in [9.17, 15) is 4.79 Å². The number of aromatic nitrogens is 1. The van der Waals surface area contributed by atoms with Gasteiger partial charge >= 0.3 is 0 Å². The first kappa shape index (κ1) is 14.7. The zero-order chi connectivity index (χ0) is 18.0. The molecule has 3 heteroatoms. The third-order valence-corrected chi connectivity index (χ3v) is 5.64. The summed E-state index contributed by atoms with van der Waals surface area (Å²) >= 11 is 0. The van der Waals surface area contributed by atoms with Crippen LogP contribution in [0.2, 0.25) is 0 Å². The van der Waals surface area contributed by atoms with Gasteiger partial charge in [-0.15, -0.1) is 0 Å². The first-order chi connectivity index (χ1) is 13.3. The molecule has 2 aliphatic carbocycles. The normalized spacial score (nSPS) is 17.8. The van der Waals surface area contributed by atoms with E-state index in [1.165, 1.54) is 11.1 Å². The molecule has 3 aliphatic rings. The molecule has 0 saturated carbocycles. The van der Waals surface area contributed by atoms with Gasteiger partial charge in [-0.05, 0) is 41.2 Å². The number of fused-ring (bicyclic) bond motifs is 5. The second kappa shape index (κ2) is 5.27. The molecular formula is C24H16N2O. The largest absolute Gasteiger partial charge is 0.268 e. The lowest BCUT2D eigenvalue weighted by molar-refractivity contribution is 0.928. The van der Waals surface area contributed by atoms with E-state index in [0.717, 1.165) is 51.3 Å². The van der Waals surface area contributed by atoms with Crippen LogP contribution in [-0.2, 0) is 0 Å². The Labute approximate surface area is 155 Å². The van der Waals surface area contributed by atoms with Crippen molar-refractivity contribution in [3.8, 4) is 0 Å². The topological polar surface area (TPSA) is 34.4 Å². The summed E-state index contributed by atoms with van der Waals surface area (Å²) in [6.45, 7) is 0. The summed E-state index contributed by atoms with van der Waals surface area (Å²) < 4.78 is 1.82. The highest BCUT2D eigenvalue weighted by Crippen LogP contribution is 2.32. The summed E-state index contributed by atoms with van der Waals surface area (Å²) in [6.07, 6.45) is 14.1. The molecule has 27 heavy (non-hydrogen) atoms. The lowest BCUT2D eigenvalue weighted by atomic mass is 9.97. The van der Waals surface area contributed by atoms with Gasteiger partial charge in [0.15, 0.2) is 0 Å². The fourth-order valence-corrected chi connectivity index (χ4v) is 4.41. The minimum Gasteiger partial charge on any atom is -0.268 e. The molecule has 3 nitrogen and oxygen atoms in total. The maximum atomic E-state index is 13.5. The summed E-state index contributed by atoms with van der Waals surface area (Å²) in [7, 11) is 0. The first-order valence-electron chi connectivity index (χ1n) is 9.21. The van der Waals surface area contributed by atoms with Gasteiger partial charge in [0.1, 0.15) is 5.49 Å². The number of pyridine rings is 1. The predicted molar refractivity (Wildman–Crippen MR) is 109 cm³/mol. The van der Waals surface area contributed by atoms with Crippen molar-refractivity contribution in [2.75, 3.05) is 0 Å². The second-order valence-electron chi connectivity index (χ2n) is 7.25. The van der Waals surface area contributed by atoms with Crippen molar-refractivity contribution in [1.29, 1.82) is 0 Å². The van der Waals surface area contributed by atoms with E-state index >= 15 is 0 Å². The molecular weight excluding hydrogens is 332 g/mol. The number of nitrogens with zero attached hydrogens (tertiary/aromatic N) is 2. The van der Waals surface area contributed by atoms with Crippen LogP contribution in [0.4, 0.5) is 0 Å². The number of benzene rings is 2. The van der Waals surface area contributed by atoms with Gasteiger partial charge in [-0.3, -0.25) is 9.36 Å². The summed E-state index contributed by atoms with van der Waals surface area (Å²) in [5, 5.41) is 3.86. The Kier molecular flexibility index (Phi) is 2.87. The predicted octanol–water partition coefficient (Wildman–Crippen LogP) is 4.45. The minimum atomic E-state index is 0.00989. The van der Waals surface area contributed by atoms with Crippen LogP contribution in [0, 0.1) is 0 Å². The van der Waals surface area contributed by atoms with E-state index in [4.69, 9.17) is 4.99 Å². The molecule has 1 aliphatic heterocycles. The molecule has 0 spiro atoms. The maximum Gasteiger partial charge on any atom is 0.264 e. The Bertz CT molecular complexity index is 1420. The van der Waals surface area contributed by atoms with Gasteiger partial charge in [0, 0.05) is 28.3 Å². The molecule has 0 fully saturated rings. The smallest absolute Gasteiger partial charge is 0.264 e. The molecule has 3 aromatic rings. The maximum absolute atomic E-state index is 13.5. The zero-order valence-corrected chi connectivity index (χ0v) is 14.6. The van der Waals surface area contributed by atoms with E-state index < -0.39 is 0 Å².